The average Bonchev–Trinajstić information content (AvgIpc) is 2.45. The number of benzene rings is 1. The minimum absolute atomic E-state index is 0.0825. The summed E-state index contributed by atoms with van der Waals surface area (Å²) in [6, 6.07) is 9.68. The van der Waals surface area contributed by atoms with Crippen LogP contribution in [0.15, 0.2) is 30.3 Å². The lowest BCUT2D eigenvalue weighted by Crippen LogP contribution is -2.31. The highest BCUT2D eigenvalue weighted by molar-refractivity contribution is 5.75. The van der Waals surface area contributed by atoms with Crippen LogP contribution in [0.5, 0.6) is 0 Å². The predicted octanol–water partition coefficient (Wildman–Crippen LogP) is 1.71. The Morgan fingerprint density at radius 3 is 2.47 bits per heavy atom. The third-order valence-corrected chi connectivity index (χ3v) is 3.10. The minimum atomic E-state index is -0.137. The fourth-order valence-corrected chi connectivity index (χ4v) is 1.91. The molecule has 4 heteroatoms. The van der Waals surface area contributed by atoms with Gasteiger partial charge in [-0.15, -0.1) is 0 Å². The number of nitrogens with one attached hydrogen (secondary N) is 1. The smallest absolute Gasteiger partial charge is 0.220 e. The van der Waals surface area contributed by atoms with Gasteiger partial charge in [0.2, 0.25) is 5.91 Å². The van der Waals surface area contributed by atoms with Crippen LogP contribution in [0, 0.1) is 0 Å². The molecule has 5 N–H and O–H groups in total. The molecule has 1 unspecified atom stereocenters. The molecule has 1 aromatic carbocycles. The Morgan fingerprint density at radius 2 is 1.79 bits per heavy atom. The normalized spacial score (nSPS) is 12.1. The third-order valence-electron chi connectivity index (χ3n) is 3.10. The molecular formula is C15H25N3O. The highest BCUT2D eigenvalue weighted by Crippen LogP contribution is 2.08. The van der Waals surface area contributed by atoms with E-state index in [-0.39, 0.29) is 11.9 Å². The van der Waals surface area contributed by atoms with Gasteiger partial charge in [-0.25, -0.2) is 0 Å². The van der Waals surface area contributed by atoms with Crippen LogP contribution >= 0.6 is 0 Å². The Balaban J connectivity index is 2.13. The SMILES string of the molecule is NCCCCCCC(=O)NCC(N)c1ccccc1. The number of unbranched alkanes of at least 4 members (excludes halogenated alkanes) is 3. The molecule has 0 radical (unpaired) electrons. The van der Waals surface area contributed by atoms with Gasteiger partial charge in [0.25, 0.3) is 0 Å². The molecule has 1 rings (SSSR count). The topological polar surface area (TPSA) is 81.1 Å². The number of carbonyl (C=O) groups excluding carboxylic acids is 1. The molecule has 0 aliphatic carbocycles. The summed E-state index contributed by atoms with van der Waals surface area (Å²) < 4.78 is 0. The third kappa shape index (κ3) is 6.94. The van der Waals surface area contributed by atoms with E-state index >= 15 is 0 Å². The predicted molar refractivity (Wildman–Crippen MR) is 78.5 cm³/mol. The van der Waals surface area contributed by atoms with Crippen molar-refractivity contribution in [3.8, 4) is 0 Å². The summed E-state index contributed by atoms with van der Waals surface area (Å²) in [5.74, 6) is 0.0825. The van der Waals surface area contributed by atoms with Crippen molar-refractivity contribution in [2.75, 3.05) is 13.1 Å². The van der Waals surface area contributed by atoms with Crippen molar-refractivity contribution < 1.29 is 4.79 Å². The number of amides is 1. The van der Waals surface area contributed by atoms with E-state index in [0.29, 0.717) is 13.0 Å². The van der Waals surface area contributed by atoms with Gasteiger partial charge < -0.3 is 16.8 Å². The zero-order valence-corrected chi connectivity index (χ0v) is 11.5. The summed E-state index contributed by atoms with van der Waals surface area (Å²) in [5.41, 5.74) is 12.5. The second-order valence-corrected chi connectivity index (χ2v) is 4.77. The lowest BCUT2D eigenvalue weighted by Gasteiger charge is -2.13. The zero-order valence-electron chi connectivity index (χ0n) is 11.5. The van der Waals surface area contributed by atoms with Crippen molar-refractivity contribution in [3.63, 3.8) is 0 Å². The van der Waals surface area contributed by atoms with E-state index in [2.05, 4.69) is 5.32 Å². The van der Waals surface area contributed by atoms with E-state index in [4.69, 9.17) is 11.5 Å². The van der Waals surface area contributed by atoms with Gasteiger partial charge in [-0.3, -0.25) is 4.79 Å². The molecule has 4 nitrogen and oxygen atoms in total. The maximum atomic E-state index is 11.6. The van der Waals surface area contributed by atoms with Gasteiger partial charge in [0.1, 0.15) is 0 Å². The van der Waals surface area contributed by atoms with Crippen molar-refractivity contribution in [2.45, 2.75) is 38.1 Å². The minimum Gasteiger partial charge on any atom is -0.354 e. The molecule has 0 spiro atoms. The van der Waals surface area contributed by atoms with Crippen LogP contribution in [0.4, 0.5) is 0 Å². The van der Waals surface area contributed by atoms with E-state index in [1.54, 1.807) is 0 Å². The maximum absolute atomic E-state index is 11.6. The summed E-state index contributed by atoms with van der Waals surface area (Å²) in [6.45, 7) is 1.23. The van der Waals surface area contributed by atoms with Crippen molar-refractivity contribution in [1.82, 2.24) is 5.32 Å². The molecule has 0 bridgehead atoms. The van der Waals surface area contributed by atoms with Crippen molar-refractivity contribution in [3.05, 3.63) is 35.9 Å². The molecule has 1 atom stereocenters. The Hall–Kier alpha value is -1.39. The summed E-state index contributed by atoms with van der Waals surface area (Å²) >= 11 is 0. The molecule has 1 amide bonds. The second-order valence-electron chi connectivity index (χ2n) is 4.77. The van der Waals surface area contributed by atoms with E-state index in [1.165, 1.54) is 0 Å². The van der Waals surface area contributed by atoms with E-state index in [9.17, 15) is 4.79 Å². The highest BCUT2D eigenvalue weighted by atomic mass is 16.1. The maximum Gasteiger partial charge on any atom is 0.220 e. The lowest BCUT2D eigenvalue weighted by atomic mass is 10.1. The monoisotopic (exact) mass is 263 g/mol. The molecule has 0 aliphatic rings. The summed E-state index contributed by atoms with van der Waals surface area (Å²) in [7, 11) is 0. The Bertz CT molecular complexity index is 354. The Labute approximate surface area is 115 Å². The van der Waals surface area contributed by atoms with Gasteiger partial charge >= 0.3 is 0 Å². The first-order chi connectivity index (χ1) is 9.24. The van der Waals surface area contributed by atoms with Crippen LogP contribution in [0.25, 0.3) is 0 Å². The zero-order chi connectivity index (χ0) is 13.9. The standard InChI is InChI=1S/C15H25N3O/c16-11-7-2-1-6-10-15(19)18-12-14(17)13-8-4-3-5-9-13/h3-5,8-9,14H,1-2,6-7,10-12,16-17H2,(H,18,19). The first kappa shape index (κ1) is 15.7. The molecule has 106 valence electrons. The average molecular weight is 263 g/mol. The van der Waals surface area contributed by atoms with Crippen LogP contribution in [0.2, 0.25) is 0 Å². The number of hydrogen-bond donors (Lipinski definition) is 3. The van der Waals surface area contributed by atoms with Crippen LogP contribution in [-0.2, 0) is 4.79 Å². The fourth-order valence-electron chi connectivity index (χ4n) is 1.91. The van der Waals surface area contributed by atoms with Gasteiger partial charge in [0, 0.05) is 19.0 Å². The molecule has 0 aromatic heterocycles. The molecular weight excluding hydrogens is 238 g/mol. The van der Waals surface area contributed by atoms with E-state index in [1.807, 2.05) is 30.3 Å². The van der Waals surface area contributed by atoms with Gasteiger partial charge in [0.05, 0.1) is 0 Å². The summed E-state index contributed by atoms with van der Waals surface area (Å²) in [6.07, 6.45) is 4.71. The van der Waals surface area contributed by atoms with Crippen molar-refractivity contribution in [1.29, 1.82) is 0 Å². The number of carbonyl (C=O) groups is 1. The summed E-state index contributed by atoms with van der Waals surface area (Å²) in [4.78, 5) is 11.6. The van der Waals surface area contributed by atoms with Crippen LogP contribution in [0.3, 0.4) is 0 Å². The molecule has 0 saturated carbocycles. The van der Waals surface area contributed by atoms with E-state index in [0.717, 1.165) is 37.8 Å². The molecule has 0 saturated heterocycles. The van der Waals surface area contributed by atoms with Gasteiger partial charge in [-0.05, 0) is 24.9 Å². The molecule has 0 aliphatic heterocycles. The van der Waals surface area contributed by atoms with Crippen molar-refractivity contribution >= 4 is 5.91 Å². The number of hydrogen-bond acceptors (Lipinski definition) is 3. The first-order valence-corrected chi connectivity index (χ1v) is 7.01. The fraction of sp³-hybridized carbons (Fsp3) is 0.533. The van der Waals surface area contributed by atoms with Crippen molar-refractivity contribution in [2.24, 2.45) is 11.5 Å². The summed E-state index contributed by atoms with van der Waals surface area (Å²) in [5, 5.41) is 2.88. The molecule has 19 heavy (non-hydrogen) atoms. The highest BCUT2D eigenvalue weighted by Gasteiger charge is 2.07. The first-order valence-electron chi connectivity index (χ1n) is 7.01. The van der Waals surface area contributed by atoms with Crippen LogP contribution < -0.4 is 16.8 Å². The quantitative estimate of drug-likeness (QED) is 0.593. The Kier molecular flexibility index (Phi) is 7.86. The molecule has 0 heterocycles. The van der Waals surface area contributed by atoms with Crippen LogP contribution in [-0.4, -0.2) is 19.0 Å². The van der Waals surface area contributed by atoms with E-state index < -0.39 is 0 Å². The number of rotatable bonds is 9. The van der Waals surface area contributed by atoms with Gasteiger partial charge in [-0.2, -0.15) is 0 Å². The largest absolute Gasteiger partial charge is 0.354 e. The van der Waals surface area contributed by atoms with Gasteiger partial charge in [0.15, 0.2) is 0 Å². The lowest BCUT2D eigenvalue weighted by molar-refractivity contribution is -0.121. The van der Waals surface area contributed by atoms with Gasteiger partial charge in [-0.1, -0.05) is 43.2 Å². The Morgan fingerprint density at radius 1 is 1.11 bits per heavy atom. The van der Waals surface area contributed by atoms with Crippen LogP contribution in [0.1, 0.15) is 43.7 Å². The molecule has 1 aromatic rings. The second kappa shape index (κ2) is 9.53. The molecule has 0 fully saturated rings. The number of nitrogens with two attached hydrogens (primary N) is 2.